The molecule has 0 aliphatic carbocycles. The summed E-state index contributed by atoms with van der Waals surface area (Å²) in [6.45, 7) is 0. The molecule has 0 bridgehead atoms. The highest BCUT2D eigenvalue weighted by Gasteiger charge is 2.24. The quantitative estimate of drug-likeness (QED) is 0.412. The number of aliphatic hydroxyl groups is 1. The van der Waals surface area contributed by atoms with Gasteiger partial charge in [-0.25, -0.2) is 9.97 Å². The summed E-state index contributed by atoms with van der Waals surface area (Å²) >= 11 is 0. The number of fused-ring (bicyclic) bond motifs is 1. The van der Waals surface area contributed by atoms with Crippen LogP contribution in [0.3, 0.4) is 0 Å². The number of pyridine rings is 2. The smallest absolute Gasteiger partial charge is 0.250 e. The van der Waals surface area contributed by atoms with E-state index in [0.717, 1.165) is 5.56 Å². The highest BCUT2D eigenvalue weighted by molar-refractivity contribution is 5.90. The van der Waals surface area contributed by atoms with Crippen LogP contribution in [0, 0.1) is 0 Å². The van der Waals surface area contributed by atoms with Crippen LogP contribution in [0.15, 0.2) is 71.8 Å². The third-order valence-electron chi connectivity index (χ3n) is 5.47. The number of aromatic nitrogens is 6. The van der Waals surface area contributed by atoms with Crippen molar-refractivity contribution in [2.45, 2.75) is 6.10 Å². The minimum atomic E-state index is -1.20. The zero-order chi connectivity index (χ0) is 23.8. The predicted molar refractivity (Wildman–Crippen MR) is 126 cm³/mol. The van der Waals surface area contributed by atoms with Gasteiger partial charge in [0.15, 0.2) is 17.6 Å². The summed E-state index contributed by atoms with van der Waals surface area (Å²) in [6, 6.07) is 16.1. The van der Waals surface area contributed by atoms with Gasteiger partial charge in [-0.2, -0.15) is 4.52 Å². The molecule has 5 aromatic rings. The fourth-order valence-electron chi connectivity index (χ4n) is 3.71. The summed E-state index contributed by atoms with van der Waals surface area (Å²) in [6.07, 6.45) is 2.02. The molecule has 0 fully saturated rings. The molecule has 0 saturated carbocycles. The summed E-state index contributed by atoms with van der Waals surface area (Å²) in [4.78, 5) is 25.5. The van der Waals surface area contributed by atoms with E-state index in [4.69, 9.17) is 10.5 Å². The Morgan fingerprint density at radius 2 is 1.82 bits per heavy atom. The Morgan fingerprint density at radius 1 is 1.03 bits per heavy atom. The van der Waals surface area contributed by atoms with Gasteiger partial charge in [0.2, 0.25) is 11.5 Å². The molecular formula is C24H21N7O3. The summed E-state index contributed by atoms with van der Waals surface area (Å²) in [7, 11) is 3.21. The van der Waals surface area contributed by atoms with Crippen molar-refractivity contribution in [3.05, 3.63) is 88.9 Å². The molecule has 1 aromatic carbocycles. The molecule has 1 atom stereocenters. The van der Waals surface area contributed by atoms with E-state index in [0.29, 0.717) is 33.9 Å². The number of nitrogen functional groups attached to an aromatic ring is 1. The first-order valence-corrected chi connectivity index (χ1v) is 10.4. The Labute approximate surface area is 194 Å². The Hall–Kier alpha value is -4.57. The maximum Gasteiger partial charge on any atom is 0.250 e. The van der Waals surface area contributed by atoms with Crippen LogP contribution in [0.25, 0.3) is 28.0 Å². The van der Waals surface area contributed by atoms with Gasteiger partial charge in [0.05, 0.1) is 30.3 Å². The van der Waals surface area contributed by atoms with Crippen molar-refractivity contribution in [3.8, 4) is 28.1 Å². The molecule has 0 radical (unpaired) electrons. The van der Waals surface area contributed by atoms with Crippen LogP contribution in [0.1, 0.15) is 17.6 Å². The molecule has 0 saturated heterocycles. The largest absolute Gasteiger partial charge is 0.495 e. The number of aliphatic hydroxyl groups excluding tert-OH is 1. The number of nitrogens with two attached hydrogens (primary N) is 1. The van der Waals surface area contributed by atoms with Crippen molar-refractivity contribution in [1.29, 1.82) is 0 Å². The van der Waals surface area contributed by atoms with Crippen molar-refractivity contribution in [3.63, 3.8) is 0 Å². The van der Waals surface area contributed by atoms with Gasteiger partial charge in [-0.15, -0.1) is 5.10 Å². The standard InChI is InChI=1S/C24H21N7O3/c1-30-13-15(8-11-18(30)32)19-20(14-6-4-3-5-7-14)27-24(25)31-23(19)28-22(29-31)21(33)17-10-9-16(34-2)12-26-17/h3-13,21,33H,1-2H3,(H2,25,27). The minimum absolute atomic E-state index is 0.107. The lowest BCUT2D eigenvalue weighted by Gasteiger charge is -2.12. The van der Waals surface area contributed by atoms with E-state index in [9.17, 15) is 9.90 Å². The number of benzene rings is 1. The van der Waals surface area contributed by atoms with E-state index in [1.54, 1.807) is 31.4 Å². The van der Waals surface area contributed by atoms with Gasteiger partial charge in [-0.1, -0.05) is 30.3 Å². The van der Waals surface area contributed by atoms with Gasteiger partial charge in [-0.3, -0.25) is 9.78 Å². The van der Waals surface area contributed by atoms with E-state index < -0.39 is 6.10 Å². The van der Waals surface area contributed by atoms with Gasteiger partial charge < -0.3 is 20.1 Å². The molecule has 1 unspecified atom stereocenters. The predicted octanol–water partition coefficient (Wildman–Crippen LogP) is 2.22. The molecule has 10 nitrogen and oxygen atoms in total. The second-order valence-electron chi connectivity index (χ2n) is 7.66. The Bertz CT molecular complexity index is 1540. The second-order valence-corrected chi connectivity index (χ2v) is 7.66. The van der Waals surface area contributed by atoms with Crippen molar-refractivity contribution >= 4 is 11.6 Å². The lowest BCUT2D eigenvalue weighted by Crippen LogP contribution is -2.14. The fraction of sp³-hybridized carbons (Fsp3) is 0.125. The average Bonchev–Trinajstić information content (AvgIpc) is 3.32. The van der Waals surface area contributed by atoms with Crippen LogP contribution in [0.2, 0.25) is 0 Å². The molecule has 170 valence electrons. The number of methoxy groups -OCH3 is 1. The van der Waals surface area contributed by atoms with Crippen LogP contribution in [-0.2, 0) is 7.05 Å². The van der Waals surface area contributed by atoms with Gasteiger partial charge in [0.1, 0.15) is 5.75 Å². The van der Waals surface area contributed by atoms with Crippen LogP contribution in [0.5, 0.6) is 5.75 Å². The summed E-state index contributed by atoms with van der Waals surface area (Å²) in [5, 5.41) is 15.3. The zero-order valence-corrected chi connectivity index (χ0v) is 18.5. The minimum Gasteiger partial charge on any atom is -0.495 e. The van der Waals surface area contributed by atoms with Crippen LogP contribution in [-0.4, -0.2) is 41.3 Å². The molecule has 4 aromatic heterocycles. The highest BCUT2D eigenvalue weighted by Crippen LogP contribution is 2.35. The van der Waals surface area contributed by atoms with Gasteiger partial charge in [0.25, 0.3) is 0 Å². The van der Waals surface area contributed by atoms with Crippen molar-refractivity contribution in [1.82, 2.24) is 29.1 Å². The van der Waals surface area contributed by atoms with E-state index >= 15 is 0 Å². The maximum absolute atomic E-state index is 12.0. The van der Waals surface area contributed by atoms with E-state index in [1.807, 2.05) is 30.3 Å². The Kier molecular flexibility index (Phi) is 5.27. The first-order valence-electron chi connectivity index (χ1n) is 10.4. The second kappa shape index (κ2) is 8.41. The number of nitrogens with zero attached hydrogens (tertiary/aromatic N) is 6. The average molecular weight is 455 g/mol. The topological polar surface area (TPSA) is 133 Å². The van der Waals surface area contributed by atoms with Crippen molar-refractivity contribution in [2.24, 2.45) is 7.05 Å². The molecule has 0 amide bonds. The van der Waals surface area contributed by atoms with E-state index in [-0.39, 0.29) is 17.3 Å². The molecule has 34 heavy (non-hydrogen) atoms. The number of ether oxygens (including phenoxy) is 1. The third kappa shape index (κ3) is 3.65. The number of hydrogen-bond acceptors (Lipinski definition) is 8. The van der Waals surface area contributed by atoms with Crippen LogP contribution >= 0.6 is 0 Å². The van der Waals surface area contributed by atoms with E-state index in [1.165, 1.54) is 28.5 Å². The molecule has 0 aliphatic heterocycles. The monoisotopic (exact) mass is 455 g/mol. The number of aryl methyl sites for hydroxylation is 1. The SMILES string of the molecule is COc1ccc(C(O)c2nc3c(-c4ccc(=O)n(C)c4)c(-c4ccccc4)nc(N)n3n2)nc1. The van der Waals surface area contributed by atoms with Crippen LogP contribution in [0.4, 0.5) is 5.95 Å². The van der Waals surface area contributed by atoms with Crippen molar-refractivity contribution in [2.75, 3.05) is 12.8 Å². The summed E-state index contributed by atoms with van der Waals surface area (Å²) in [5.41, 5.74) is 9.61. The van der Waals surface area contributed by atoms with Crippen LogP contribution < -0.4 is 16.0 Å². The van der Waals surface area contributed by atoms with E-state index in [2.05, 4.69) is 20.1 Å². The molecular weight excluding hydrogens is 434 g/mol. The molecule has 4 heterocycles. The maximum atomic E-state index is 12.0. The normalized spacial score (nSPS) is 12.1. The molecule has 0 aliphatic rings. The fourth-order valence-corrected chi connectivity index (χ4v) is 3.71. The molecule has 0 spiro atoms. The molecule has 10 heteroatoms. The van der Waals surface area contributed by atoms with Gasteiger partial charge in [0, 0.05) is 30.4 Å². The Morgan fingerprint density at radius 3 is 2.50 bits per heavy atom. The number of rotatable bonds is 5. The summed E-state index contributed by atoms with van der Waals surface area (Å²) < 4.78 is 7.99. The molecule has 3 N–H and O–H groups in total. The third-order valence-corrected chi connectivity index (χ3v) is 5.47. The van der Waals surface area contributed by atoms with Gasteiger partial charge in [-0.05, 0) is 18.2 Å². The lowest BCUT2D eigenvalue weighted by molar-refractivity contribution is 0.205. The molecule has 5 rings (SSSR count). The Balaban J connectivity index is 1.75. The summed E-state index contributed by atoms with van der Waals surface area (Å²) in [5.74, 6) is 0.787. The first kappa shape index (κ1) is 21.3. The first-order chi connectivity index (χ1) is 16.5. The number of anilines is 1. The number of hydrogen-bond donors (Lipinski definition) is 2. The van der Waals surface area contributed by atoms with Crippen molar-refractivity contribution < 1.29 is 9.84 Å². The zero-order valence-electron chi connectivity index (χ0n) is 18.5. The highest BCUT2D eigenvalue weighted by atomic mass is 16.5. The lowest BCUT2D eigenvalue weighted by atomic mass is 10.0. The van der Waals surface area contributed by atoms with Gasteiger partial charge >= 0.3 is 0 Å².